The minimum Gasteiger partial charge on any atom is -0.480 e. The Bertz CT molecular complexity index is 411. The Morgan fingerprint density at radius 1 is 1.47 bits per heavy atom. The quantitative estimate of drug-likeness (QED) is 0.894. The molecule has 1 amide bonds. The van der Waals surface area contributed by atoms with Gasteiger partial charge in [-0.25, -0.2) is 4.79 Å². The van der Waals surface area contributed by atoms with E-state index >= 15 is 0 Å². The standard InChI is InChI=1S/C12H17NO3S/c1-8(10(14)15)13(4)11(16)12(2,3)9-6-5-7-17-9/h5-8H,1-4H3,(H,14,15). The molecule has 1 aromatic heterocycles. The van der Waals surface area contributed by atoms with E-state index in [1.807, 2.05) is 31.4 Å². The molecule has 4 nitrogen and oxygen atoms in total. The number of thiophene rings is 1. The molecule has 0 bridgehead atoms. The van der Waals surface area contributed by atoms with Gasteiger partial charge < -0.3 is 10.0 Å². The maximum absolute atomic E-state index is 12.3. The van der Waals surface area contributed by atoms with E-state index in [-0.39, 0.29) is 5.91 Å². The number of carboxylic acid groups (broad SMARTS) is 1. The fraction of sp³-hybridized carbons (Fsp3) is 0.500. The van der Waals surface area contributed by atoms with Crippen molar-refractivity contribution in [2.75, 3.05) is 7.05 Å². The van der Waals surface area contributed by atoms with Crippen molar-refractivity contribution >= 4 is 23.2 Å². The van der Waals surface area contributed by atoms with Crippen LogP contribution in [-0.2, 0) is 15.0 Å². The second-order valence-electron chi connectivity index (χ2n) is 4.53. The lowest BCUT2D eigenvalue weighted by Gasteiger charge is -2.30. The van der Waals surface area contributed by atoms with Gasteiger partial charge in [-0.15, -0.1) is 11.3 Å². The molecule has 1 N–H and O–H groups in total. The van der Waals surface area contributed by atoms with E-state index < -0.39 is 17.4 Å². The molecule has 1 unspecified atom stereocenters. The number of carbonyl (C=O) groups excluding carboxylic acids is 1. The fourth-order valence-electron chi connectivity index (χ4n) is 1.52. The second-order valence-corrected chi connectivity index (χ2v) is 5.48. The zero-order valence-corrected chi connectivity index (χ0v) is 11.2. The first kappa shape index (κ1) is 13.7. The minimum absolute atomic E-state index is 0.185. The van der Waals surface area contributed by atoms with E-state index in [4.69, 9.17) is 5.11 Å². The molecule has 1 atom stereocenters. The molecule has 94 valence electrons. The zero-order chi connectivity index (χ0) is 13.2. The first-order chi connectivity index (χ1) is 7.78. The van der Waals surface area contributed by atoms with Crippen LogP contribution in [0.1, 0.15) is 25.6 Å². The predicted molar refractivity (Wildman–Crippen MR) is 67.2 cm³/mol. The smallest absolute Gasteiger partial charge is 0.326 e. The lowest BCUT2D eigenvalue weighted by atomic mass is 9.89. The molecule has 0 aliphatic rings. The summed E-state index contributed by atoms with van der Waals surface area (Å²) in [5, 5.41) is 10.8. The molecule has 0 aliphatic carbocycles. The van der Waals surface area contributed by atoms with Crippen LogP contribution in [-0.4, -0.2) is 35.0 Å². The molecular weight excluding hydrogens is 238 g/mol. The lowest BCUT2D eigenvalue weighted by molar-refractivity contribution is -0.150. The summed E-state index contributed by atoms with van der Waals surface area (Å²) in [4.78, 5) is 25.4. The Morgan fingerprint density at radius 2 is 2.06 bits per heavy atom. The van der Waals surface area contributed by atoms with Gasteiger partial charge in [-0.2, -0.15) is 0 Å². The highest BCUT2D eigenvalue weighted by molar-refractivity contribution is 7.10. The van der Waals surface area contributed by atoms with Crippen LogP contribution in [0.4, 0.5) is 0 Å². The molecule has 17 heavy (non-hydrogen) atoms. The van der Waals surface area contributed by atoms with Crippen LogP contribution in [0.15, 0.2) is 17.5 Å². The van der Waals surface area contributed by atoms with Crippen LogP contribution in [0.25, 0.3) is 0 Å². The highest BCUT2D eigenvalue weighted by atomic mass is 32.1. The molecule has 5 heteroatoms. The van der Waals surface area contributed by atoms with Crippen molar-refractivity contribution in [3.8, 4) is 0 Å². The van der Waals surface area contributed by atoms with Crippen LogP contribution in [0.2, 0.25) is 0 Å². The molecule has 0 fully saturated rings. The SMILES string of the molecule is CC(C(=O)O)N(C)C(=O)C(C)(C)c1cccs1. The van der Waals surface area contributed by atoms with Crippen molar-refractivity contribution in [3.63, 3.8) is 0 Å². The molecule has 0 radical (unpaired) electrons. The molecular formula is C12H17NO3S. The molecule has 1 rings (SSSR count). The summed E-state index contributed by atoms with van der Waals surface area (Å²) >= 11 is 1.50. The van der Waals surface area contributed by atoms with Gasteiger partial charge in [0.2, 0.25) is 5.91 Å². The maximum Gasteiger partial charge on any atom is 0.326 e. The maximum atomic E-state index is 12.3. The van der Waals surface area contributed by atoms with Gasteiger partial charge in [-0.1, -0.05) is 6.07 Å². The van der Waals surface area contributed by atoms with Gasteiger partial charge in [0.15, 0.2) is 0 Å². The van der Waals surface area contributed by atoms with Crippen molar-refractivity contribution in [2.24, 2.45) is 0 Å². The summed E-state index contributed by atoms with van der Waals surface area (Å²) in [6.45, 7) is 5.13. The molecule has 0 saturated carbocycles. The van der Waals surface area contributed by atoms with Crippen molar-refractivity contribution in [1.82, 2.24) is 4.90 Å². The van der Waals surface area contributed by atoms with Crippen LogP contribution in [0, 0.1) is 0 Å². The van der Waals surface area contributed by atoms with Crippen LogP contribution >= 0.6 is 11.3 Å². The number of carbonyl (C=O) groups is 2. The zero-order valence-electron chi connectivity index (χ0n) is 10.4. The van der Waals surface area contributed by atoms with Crippen molar-refractivity contribution in [1.29, 1.82) is 0 Å². The van der Waals surface area contributed by atoms with Crippen molar-refractivity contribution in [3.05, 3.63) is 22.4 Å². The number of likely N-dealkylation sites (N-methyl/N-ethyl adjacent to an activating group) is 1. The molecule has 0 aliphatic heterocycles. The summed E-state index contributed by atoms with van der Waals surface area (Å²) in [6, 6.07) is 2.96. The molecule has 0 spiro atoms. The van der Waals surface area contributed by atoms with Crippen LogP contribution in [0.5, 0.6) is 0 Å². The van der Waals surface area contributed by atoms with E-state index in [2.05, 4.69) is 0 Å². The molecule has 1 aromatic rings. The summed E-state index contributed by atoms with van der Waals surface area (Å²) in [5.41, 5.74) is -0.688. The van der Waals surface area contributed by atoms with Gasteiger partial charge in [0.1, 0.15) is 6.04 Å². The Kier molecular flexibility index (Phi) is 3.93. The van der Waals surface area contributed by atoms with Crippen molar-refractivity contribution in [2.45, 2.75) is 32.2 Å². The van der Waals surface area contributed by atoms with Crippen LogP contribution < -0.4 is 0 Å². The Labute approximate surface area is 105 Å². The number of rotatable bonds is 4. The number of carboxylic acids is 1. The Hall–Kier alpha value is -1.36. The highest BCUT2D eigenvalue weighted by Gasteiger charge is 2.36. The lowest BCUT2D eigenvalue weighted by Crippen LogP contribution is -2.47. The van der Waals surface area contributed by atoms with E-state index in [0.29, 0.717) is 0 Å². The van der Waals surface area contributed by atoms with Gasteiger partial charge in [-0.05, 0) is 32.2 Å². The normalized spacial score (nSPS) is 13.2. The average Bonchev–Trinajstić information content (AvgIpc) is 2.79. The summed E-state index contributed by atoms with van der Waals surface area (Å²) in [7, 11) is 1.52. The highest BCUT2D eigenvalue weighted by Crippen LogP contribution is 2.29. The van der Waals surface area contributed by atoms with E-state index in [1.54, 1.807) is 0 Å². The molecule has 0 aromatic carbocycles. The number of hydrogen-bond donors (Lipinski definition) is 1. The van der Waals surface area contributed by atoms with Gasteiger partial charge in [-0.3, -0.25) is 4.79 Å². The monoisotopic (exact) mass is 255 g/mol. The van der Waals surface area contributed by atoms with E-state index in [1.165, 1.54) is 30.2 Å². The summed E-state index contributed by atoms with van der Waals surface area (Å²) < 4.78 is 0. The van der Waals surface area contributed by atoms with Gasteiger partial charge >= 0.3 is 5.97 Å². The van der Waals surface area contributed by atoms with Gasteiger partial charge in [0, 0.05) is 11.9 Å². The average molecular weight is 255 g/mol. The Morgan fingerprint density at radius 3 is 2.47 bits per heavy atom. The number of aliphatic carboxylic acids is 1. The third-order valence-electron chi connectivity index (χ3n) is 2.93. The van der Waals surface area contributed by atoms with Crippen molar-refractivity contribution < 1.29 is 14.7 Å². The fourth-order valence-corrected chi connectivity index (χ4v) is 2.36. The van der Waals surface area contributed by atoms with Gasteiger partial charge in [0.25, 0.3) is 0 Å². The molecule has 0 saturated heterocycles. The number of hydrogen-bond acceptors (Lipinski definition) is 3. The van der Waals surface area contributed by atoms with Gasteiger partial charge in [0.05, 0.1) is 5.41 Å². The first-order valence-corrected chi connectivity index (χ1v) is 6.20. The predicted octanol–water partition coefficient (Wildman–Crippen LogP) is 1.96. The first-order valence-electron chi connectivity index (χ1n) is 5.32. The molecule has 1 heterocycles. The third-order valence-corrected chi connectivity index (χ3v) is 4.12. The van der Waals surface area contributed by atoms with E-state index in [0.717, 1.165) is 4.88 Å². The topological polar surface area (TPSA) is 57.6 Å². The Balaban J connectivity index is 2.93. The summed E-state index contributed by atoms with van der Waals surface area (Å²) in [5.74, 6) is -1.18. The summed E-state index contributed by atoms with van der Waals surface area (Å²) in [6.07, 6.45) is 0. The number of amides is 1. The third kappa shape index (κ3) is 2.66. The number of nitrogens with zero attached hydrogens (tertiary/aromatic N) is 1. The minimum atomic E-state index is -0.997. The largest absolute Gasteiger partial charge is 0.480 e. The second kappa shape index (κ2) is 4.87. The van der Waals surface area contributed by atoms with Crippen LogP contribution in [0.3, 0.4) is 0 Å². The van der Waals surface area contributed by atoms with E-state index in [9.17, 15) is 9.59 Å².